The van der Waals surface area contributed by atoms with E-state index in [1.807, 2.05) is 31.4 Å². The van der Waals surface area contributed by atoms with Gasteiger partial charge in [0.1, 0.15) is 17.5 Å². The normalized spacial score (nSPS) is 11.1. The van der Waals surface area contributed by atoms with Crippen molar-refractivity contribution in [2.24, 2.45) is 0 Å². The number of nitrogens with zero attached hydrogens (tertiary/aromatic N) is 3. The largest absolute Gasteiger partial charge is 0.388 e. The Morgan fingerprint density at radius 2 is 2.18 bits per heavy atom. The van der Waals surface area contributed by atoms with Crippen molar-refractivity contribution in [2.75, 3.05) is 0 Å². The topological polar surface area (TPSA) is 81.2 Å². The fourth-order valence-electron chi connectivity index (χ4n) is 2.21. The summed E-state index contributed by atoms with van der Waals surface area (Å²) in [6.07, 6.45) is 0. The number of aliphatic hydroxyl groups is 1. The Labute approximate surface area is 133 Å². The van der Waals surface area contributed by atoms with Crippen molar-refractivity contribution in [1.29, 1.82) is 0 Å². The molecule has 0 aliphatic carbocycles. The molecule has 2 aromatic rings. The highest BCUT2D eigenvalue weighted by Gasteiger charge is 2.19. The summed E-state index contributed by atoms with van der Waals surface area (Å²) >= 11 is 1.45. The molecule has 0 saturated carbocycles. The van der Waals surface area contributed by atoms with Crippen molar-refractivity contribution in [1.82, 2.24) is 9.55 Å². The second-order valence-corrected chi connectivity index (χ2v) is 6.19. The minimum absolute atomic E-state index is 0.0704. The van der Waals surface area contributed by atoms with Crippen molar-refractivity contribution in [3.63, 3.8) is 0 Å². The molecule has 6 nitrogen and oxygen atoms in total. The lowest BCUT2D eigenvalue weighted by atomic mass is 10.1. The monoisotopic (exact) mass is 321 g/mol. The van der Waals surface area contributed by atoms with Gasteiger partial charge in [-0.05, 0) is 18.9 Å². The van der Waals surface area contributed by atoms with Crippen molar-refractivity contribution in [3.05, 3.63) is 45.9 Å². The first-order valence-electron chi connectivity index (χ1n) is 7.10. The molecular weight excluding hydrogens is 302 g/mol. The maximum Gasteiger partial charge on any atom is 0.270 e. The SMILES string of the molecule is CCn1c(CO)nc(C(C)C)c1Sc1cccc([N+](=O)[O-])c1. The van der Waals surface area contributed by atoms with Crippen molar-refractivity contribution in [3.8, 4) is 0 Å². The minimum atomic E-state index is -0.399. The van der Waals surface area contributed by atoms with Gasteiger partial charge in [-0.1, -0.05) is 31.7 Å². The average molecular weight is 321 g/mol. The van der Waals surface area contributed by atoms with Crippen LogP contribution in [0.15, 0.2) is 34.2 Å². The fourth-order valence-corrected chi connectivity index (χ4v) is 3.49. The molecule has 0 radical (unpaired) electrons. The highest BCUT2D eigenvalue weighted by Crippen LogP contribution is 2.36. The summed E-state index contributed by atoms with van der Waals surface area (Å²) in [6.45, 7) is 6.64. The van der Waals surface area contributed by atoms with Gasteiger partial charge in [0, 0.05) is 23.6 Å². The summed E-state index contributed by atoms with van der Waals surface area (Å²) in [5.41, 5.74) is 0.975. The van der Waals surface area contributed by atoms with E-state index in [0.29, 0.717) is 12.4 Å². The maximum atomic E-state index is 10.9. The molecule has 0 amide bonds. The van der Waals surface area contributed by atoms with E-state index in [2.05, 4.69) is 4.98 Å². The van der Waals surface area contributed by atoms with E-state index >= 15 is 0 Å². The van der Waals surface area contributed by atoms with E-state index in [0.717, 1.165) is 15.6 Å². The molecule has 118 valence electrons. The fraction of sp³-hybridized carbons (Fsp3) is 0.400. The second kappa shape index (κ2) is 6.93. The number of aromatic nitrogens is 2. The molecule has 0 bridgehead atoms. The van der Waals surface area contributed by atoms with Crippen LogP contribution in [0.1, 0.15) is 38.2 Å². The summed E-state index contributed by atoms with van der Waals surface area (Å²) in [6, 6.07) is 6.55. The van der Waals surface area contributed by atoms with Crippen LogP contribution in [0.3, 0.4) is 0 Å². The highest BCUT2D eigenvalue weighted by molar-refractivity contribution is 7.99. The Hall–Kier alpha value is -1.86. The van der Waals surface area contributed by atoms with Gasteiger partial charge in [0.05, 0.1) is 10.6 Å². The summed E-state index contributed by atoms with van der Waals surface area (Å²) in [5.74, 6) is 0.832. The molecule has 0 saturated heterocycles. The zero-order valence-corrected chi connectivity index (χ0v) is 13.6. The molecule has 7 heteroatoms. The second-order valence-electron chi connectivity index (χ2n) is 5.13. The number of rotatable bonds is 6. The smallest absolute Gasteiger partial charge is 0.270 e. The van der Waals surface area contributed by atoms with Crippen LogP contribution in [0.2, 0.25) is 0 Å². The summed E-state index contributed by atoms with van der Waals surface area (Å²) in [5, 5.41) is 21.3. The van der Waals surface area contributed by atoms with Gasteiger partial charge >= 0.3 is 0 Å². The first-order valence-corrected chi connectivity index (χ1v) is 7.92. The van der Waals surface area contributed by atoms with E-state index in [-0.39, 0.29) is 18.2 Å². The van der Waals surface area contributed by atoms with Crippen LogP contribution in [-0.2, 0) is 13.2 Å². The molecule has 1 aromatic carbocycles. The molecule has 0 aliphatic rings. The molecule has 0 atom stereocenters. The predicted molar refractivity (Wildman–Crippen MR) is 85.1 cm³/mol. The zero-order chi connectivity index (χ0) is 16.3. The minimum Gasteiger partial charge on any atom is -0.388 e. The number of hydrogen-bond donors (Lipinski definition) is 1. The summed E-state index contributed by atoms with van der Waals surface area (Å²) < 4.78 is 1.96. The molecule has 0 aliphatic heterocycles. The third-order valence-corrected chi connectivity index (χ3v) is 4.39. The Bertz CT molecular complexity index is 683. The Kier molecular flexibility index (Phi) is 5.20. The van der Waals surface area contributed by atoms with Gasteiger partial charge < -0.3 is 9.67 Å². The molecular formula is C15H19N3O3S. The van der Waals surface area contributed by atoms with Crippen molar-refractivity contribution >= 4 is 17.4 Å². The Morgan fingerprint density at radius 1 is 1.45 bits per heavy atom. The quantitative estimate of drug-likeness (QED) is 0.649. The van der Waals surface area contributed by atoms with E-state index in [1.54, 1.807) is 12.1 Å². The van der Waals surface area contributed by atoms with Crippen LogP contribution in [0.25, 0.3) is 0 Å². The lowest BCUT2D eigenvalue weighted by Crippen LogP contribution is -2.03. The van der Waals surface area contributed by atoms with Crippen LogP contribution < -0.4 is 0 Å². The van der Waals surface area contributed by atoms with Gasteiger partial charge in [-0.2, -0.15) is 0 Å². The van der Waals surface area contributed by atoms with Gasteiger partial charge in [-0.3, -0.25) is 10.1 Å². The van der Waals surface area contributed by atoms with Crippen LogP contribution in [0.4, 0.5) is 5.69 Å². The summed E-state index contributed by atoms with van der Waals surface area (Å²) in [4.78, 5) is 15.8. The van der Waals surface area contributed by atoms with Gasteiger partial charge in [0.15, 0.2) is 0 Å². The van der Waals surface area contributed by atoms with E-state index in [4.69, 9.17) is 0 Å². The maximum absolute atomic E-state index is 10.9. The number of nitro benzene ring substituents is 1. The number of benzene rings is 1. The molecule has 1 aromatic heterocycles. The molecule has 22 heavy (non-hydrogen) atoms. The van der Waals surface area contributed by atoms with E-state index in [1.165, 1.54) is 17.8 Å². The lowest BCUT2D eigenvalue weighted by molar-refractivity contribution is -0.385. The van der Waals surface area contributed by atoms with E-state index < -0.39 is 4.92 Å². The third-order valence-electron chi connectivity index (χ3n) is 3.27. The number of non-ortho nitro benzene ring substituents is 1. The van der Waals surface area contributed by atoms with Crippen LogP contribution >= 0.6 is 11.8 Å². The molecule has 1 N–H and O–H groups in total. The standard InChI is InChI=1S/C15H19N3O3S/c1-4-17-13(9-19)16-14(10(2)3)15(17)22-12-7-5-6-11(8-12)18(20)21/h5-8,10,19H,4,9H2,1-3H3. The molecule has 0 fully saturated rings. The number of hydrogen-bond acceptors (Lipinski definition) is 5. The zero-order valence-electron chi connectivity index (χ0n) is 12.8. The number of nitro groups is 1. The van der Waals surface area contributed by atoms with Crippen molar-refractivity contribution < 1.29 is 10.0 Å². The Morgan fingerprint density at radius 3 is 2.73 bits per heavy atom. The van der Waals surface area contributed by atoms with Crippen molar-refractivity contribution in [2.45, 2.75) is 49.8 Å². The number of aliphatic hydroxyl groups excluding tert-OH is 1. The molecule has 0 spiro atoms. The lowest BCUT2D eigenvalue weighted by Gasteiger charge is -2.10. The van der Waals surface area contributed by atoms with Gasteiger partial charge in [-0.15, -0.1) is 0 Å². The highest BCUT2D eigenvalue weighted by atomic mass is 32.2. The van der Waals surface area contributed by atoms with Crippen LogP contribution in [-0.4, -0.2) is 19.6 Å². The van der Waals surface area contributed by atoms with Crippen LogP contribution in [0, 0.1) is 10.1 Å². The molecule has 2 rings (SSSR count). The summed E-state index contributed by atoms with van der Waals surface area (Å²) in [7, 11) is 0. The van der Waals surface area contributed by atoms with Gasteiger partial charge in [0.25, 0.3) is 5.69 Å². The first kappa shape index (κ1) is 16.5. The van der Waals surface area contributed by atoms with Gasteiger partial charge in [-0.25, -0.2) is 4.98 Å². The molecule has 0 unspecified atom stereocenters. The van der Waals surface area contributed by atoms with E-state index in [9.17, 15) is 15.2 Å². The predicted octanol–water partition coefficient (Wildman–Crippen LogP) is 3.58. The first-order chi connectivity index (χ1) is 10.5. The third kappa shape index (κ3) is 3.31. The average Bonchev–Trinajstić information content (AvgIpc) is 2.85. The number of imidazole rings is 1. The Balaban J connectivity index is 2.45. The van der Waals surface area contributed by atoms with Crippen LogP contribution in [0.5, 0.6) is 0 Å². The molecule has 1 heterocycles. The van der Waals surface area contributed by atoms with Gasteiger partial charge in [0.2, 0.25) is 0 Å².